The Balaban J connectivity index is 2.20. The number of carbonyl (C=O) groups excluding carboxylic acids is 1. The number of halogens is 1. The summed E-state index contributed by atoms with van der Waals surface area (Å²) in [6, 6.07) is 3.99. The third-order valence-corrected chi connectivity index (χ3v) is 3.32. The fraction of sp³-hybridized carbons (Fsp3) is 0. The molecule has 0 fully saturated rings. The van der Waals surface area contributed by atoms with Crippen LogP contribution in [0, 0.1) is 10.1 Å². The van der Waals surface area contributed by atoms with E-state index in [0.29, 0.717) is 9.21 Å². The van der Waals surface area contributed by atoms with E-state index in [2.05, 4.69) is 10.3 Å². The van der Waals surface area contributed by atoms with Gasteiger partial charge in [0.2, 0.25) is 0 Å². The second-order valence-electron chi connectivity index (χ2n) is 3.38. The molecule has 0 atom stereocenters. The topological polar surface area (TPSA) is 105 Å². The normalized spacial score (nSPS) is 10.2. The predicted molar refractivity (Wildman–Crippen MR) is 69.8 cm³/mol. The van der Waals surface area contributed by atoms with Crippen molar-refractivity contribution in [2.24, 2.45) is 0 Å². The van der Waals surface area contributed by atoms with Crippen molar-refractivity contribution in [1.82, 2.24) is 4.98 Å². The Labute approximate surface area is 115 Å². The summed E-state index contributed by atoms with van der Waals surface area (Å²) >= 11 is 6.76. The van der Waals surface area contributed by atoms with Crippen molar-refractivity contribution < 1.29 is 14.8 Å². The Bertz CT molecular complexity index is 658. The highest BCUT2D eigenvalue weighted by Gasteiger charge is 2.15. The molecule has 0 spiro atoms. The number of rotatable bonds is 3. The molecule has 7 nitrogen and oxygen atoms in total. The second-order valence-corrected chi connectivity index (χ2v) is 5.09. The van der Waals surface area contributed by atoms with Crippen LogP contribution in [0.15, 0.2) is 24.4 Å². The number of aromatic nitrogens is 1. The molecular formula is C10H6ClN3O4S. The monoisotopic (exact) mass is 299 g/mol. The smallest absolute Gasteiger partial charge is 0.291 e. The van der Waals surface area contributed by atoms with E-state index >= 15 is 0 Å². The van der Waals surface area contributed by atoms with Gasteiger partial charge in [-0.25, -0.2) is 4.98 Å². The fourth-order valence-corrected chi connectivity index (χ4v) is 2.18. The van der Waals surface area contributed by atoms with E-state index in [1.807, 2.05) is 0 Å². The molecule has 2 N–H and O–H groups in total. The molecule has 2 rings (SSSR count). The number of nitrogens with one attached hydrogen (secondary N) is 1. The summed E-state index contributed by atoms with van der Waals surface area (Å²) in [6.45, 7) is 0. The molecule has 0 unspecified atom stereocenters. The molecule has 0 bridgehead atoms. The zero-order valence-electron chi connectivity index (χ0n) is 9.16. The lowest BCUT2D eigenvalue weighted by Crippen LogP contribution is -2.11. The molecule has 2 heterocycles. The van der Waals surface area contributed by atoms with Crippen LogP contribution in [0.5, 0.6) is 5.75 Å². The second kappa shape index (κ2) is 5.21. The lowest BCUT2D eigenvalue weighted by molar-refractivity contribution is -0.385. The quantitative estimate of drug-likeness (QED) is 0.669. The summed E-state index contributed by atoms with van der Waals surface area (Å²) in [5.41, 5.74) is -0.366. The summed E-state index contributed by atoms with van der Waals surface area (Å²) in [5, 5.41) is 22.3. The number of hydrogen-bond acceptors (Lipinski definition) is 6. The van der Waals surface area contributed by atoms with Gasteiger partial charge in [0.1, 0.15) is 6.20 Å². The van der Waals surface area contributed by atoms with Gasteiger partial charge in [-0.15, -0.1) is 11.3 Å². The summed E-state index contributed by atoms with van der Waals surface area (Å²) in [6.07, 6.45) is 0.941. The van der Waals surface area contributed by atoms with E-state index < -0.39 is 16.6 Å². The Hall–Kier alpha value is -2.19. The van der Waals surface area contributed by atoms with Crippen LogP contribution in [-0.2, 0) is 0 Å². The SMILES string of the molecule is O=C(Nc1ncc([N+](=O)[O-])cc1O)c1ccc(Cl)s1. The first-order chi connectivity index (χ1) is 8.97. The number of amides is 1. The largest absolute Gasteiger partial charge is 0.504 e. The van der Waals surface area contributed by atoms with Crippen LogP contribution in [0.4, 0.5) is 11.5 Å². The number of carbonyl (C=O) groups is 1. The van der Waals surface area contributed by atoms with Crippen LogP contribution in [-0.4, -0.2) is 20.9 Å². The molecule has 98 valence electrons. The summed E-state index contributed by atoms with van der Waals surface area (Å²) in [5.74, 6) is -1.14. The Morgan fingerprint density at radius 3 is 2.79 bits per heavy atom. The molecule has 0 aliphatic carbocycles. The molecule has 0 saturated heterocycles. The van der Waals surface area contributed by atoms with Crippen LogP contribution in [0.3, 0.4) is 0 Å². The van der Waals surface area contributed by atoms with Crippen molar-refractivity contribution in [2.45, 2.75) is 0 Å². The summed E-state index contributed by atoms with van der Waals surface area (Å²) in [4.78, 5) is 25.5. The van der Waals surface area contributed by atoms with Gasteiger partial charge in [0.05, 0.1) is 20.2 Å². The minimum atomic E-state index is -0.697. The van der Waals surface area contributed by atoms with Gasteiger partial charge in [-0.1, -0.05) is 11.6 Å². The van der Waals surface area contributed by atoms with Crippen LogP contribution >= 0.6 is 22.9 Å². The molecule has 2 aromatic rings. The maximum Gasteiger partial charge on any atom is 0.291 e. The number of thiophene rings is 1. The molecule has 0 radical (unpaired) electrons. The molecule has 2 aromatic heterocycles. The van der Waals surface area contributed by atoms with E-state index in [-0.39, 0.29) is 11.5 Å². The minimum absolute atomic E-state index is 0.153. The zero-order valence-corrected chi connectivity index (χ0v) is 10.7. The highest BCUT2D eigenvalue weighted by molar-refractivity contribution is 7.18. The fourth-order valence-electron chi connectivity index (χ4n) is 1.24. The standard InChI is InChI=1S/C10H6ClN3O4S/c11-8-2-1-7(19-8)10(16)13-9-6(15)3-5(4-12-9)14(17)18/h1-4,15H,(H,12,13,16). The third-order valence-electron chi connectivity index (χ3n) is 2.09. The number of hydrogen-bond donors (Lipinski definition) is 2. The van der Waals surface area contributed by atoms with Gasteiger partial charge in [-0.05, 0) is 12.1 Å². The van der Waals surface area contributed by atoms with Gasteiger partial charge < -0.3 is 10.4 Å². The Kier molecular flexibility index (Phi) is 3.63. The third kappa shape index (κ3) is 2.98. The number of nitrogens with zero attached hydrogens (tertiary/aromatic N) is 2. The van der Waals surface area contributed by atoms with Crippen LogP contribution in [0.2, 0.25) is 4.34 Å². The molecule has 0 aromatic carbocycles. The van der Waals surface area contributed by atoms with Crippen molar-refractivity contribution in [2.75, 3.05) is 5.32 Å². The van der Waals surface area contributed by atoms with Gasteiger partial charge in [0.15, 0.2) is 11.6 Å². The first-order valence-corrected chi connectivity index (χ1v) is 6.07. The summed E-state index contributed by atoms with van der Waals surface area (Å²) < 4.78 is 0.450. The average Bonchev–Trinajstić information content (AvgIpc) is 2.78. The highest BCUT2D eigenvalue weighted by atomic mass is 35.5. The van der Waals surface area contributed by atoms with Crippen LogP contribution in [0.1, 0.15) is 9.67 Å². The molecule has 1 amide bonds. The maximum atomic E-state index is 11.8. The van der Waals surface area contributed by atoms with E-state index in [0.717, 1.165) is 23.6 Å². The zero-order chi connectivity index (χ0) is 14.0. The van der Waals surface area contributed by atoms with Gasteiger partial charge >= 0.3 is 0 Å². The lowest BCUT2D eigenvalue weighted by atomic mass is 10.3. The Morgan fingerprint density at radius 2 is 2.26 bits per heavy atom. The average molecular weight is 300 g/mol. The molecular weight excluding hydrogens is 294 g/mol. The molecule has 19 heavy (non-hydrogen) atoms. The minimum Gasteiger partial charge on any atom is -0.504 e. The van der Waals surface area contributed by atoms with Crippen molar-refractivity contribution in [3.63, 3.8) is 0 Å². The Morgan fingerprint density at radius 1 is 1.53 bits per heavy atom. The molecule has 0 aliphatic heterocycles. The van der Waals surface area contributed by atoms with E-state index in [4.69, 9.17) is 11.6 Å². The van der Waals surface area contributed by atoms with Crippen molar-refractivity contribution in [1.29, 1.82) is 0 Å². The highest BCUT2D eigenvalue weighted by Crippen LogP contribution is 2.27. The number of nitro groups is 1. The first-order valence-electron chi connectivity index (χ1n) is 4.87. The van der Waals surface area contributed by atoms with Crippen molar-refractivity contribution in [3.8, 4) is 5.75 Å². The number of pyridine rings is 1. The first kappa shape index (κ1) is 13.2. The van der Waals surface area contributed by atoms with Crippen molar-refractivity contribution >= 4 is 40.4 Å². The van der Waals surface area contributed by atoms with Gasteiger partial charge in [0.25, 0.3) is 11.6 Å². The van der Waals surface area contributed by atoms with Crippen LogP contribution < -0.4 is 5.32 Å². The maximum absolute atomic E-state index is 11.8. The van der Waals surface area contributed by atoms with E-state index in [1.165, 1.54) is 6.07 Å². The molecule has 9 heteroatoms. The van der Waals surface area contributed by atoms with E-state index in [1.54, 1.807) is 6.07 Å². The predicted octanol–water partition coefficient (Wildman–Crippen LogP) is 2.66. The lowest BCUT2D eigenvalue weighted by Gasteiger charge is -2.04. The number of aromatic hydroxyl groups is 1. The van der Waals surface area contributed by atoms with Gasteiger partial charge in [0, 0.05) is 0 Å². The van der Waals surface area contributed by atoms with Gasteiger partial charge in [-0.2, -0.15) is 0 Å². The molecule has 0 aliphatic rings. The van der Waals surface area contributed by atoms with Gasteiger partial charge in [-0.3, -0.25) is 14.9 Å². The van der Waals surface area contributed by atoms with Crippen molar-refractivity contribution in [3.05, 3.63) is 43.7 Å². The molecule has 0 saturated carbocycles. The van der Waals surface area contributed by atoms with Crippen LogP contribution in [0.25, 0.3) is 0 Å². The number of anilines is 1. The van der Waals surface area contributed by atoms with E-state index in [9.17, 15) is 20.0 Å². The summed E-state index contributed by atoms with van der Waals surface area (Å²) in [7, 11) is 0.